The van der Waals surface area contributed by atoms with Gasteiger partial charge in [0.05, 0.1) is 16.8 Å². The van der Waals surface area contributed by atoms with Gasteiger partial charge < -0.3 is 15.5 Å². The Balaban J connectivity index is 2.41. The zero-order chi connectivity index (χ0) is 15.6. The number of hydrogen-bond donors (Lipinski definition) is 3. The molecule has 6 heteroatoms. The number of benzene rings is 2. The molecule has 0 saturated carbocycles. The lowest BCUT2D eigenvalue weighted by molar-refractivity contribution is 0.0683. The molecule has 0 saturated heterocycles. The maximum Gasteiger partial charge on any atom is 0.338 e. The van der Waals surface area contributed by atoms with E-state index in [-0.39, 0.29) is 5.56 Å². The van der Waals surface area contributed by atoms with Crippen molar-refractivity contribution in [2.75, 3.05) is 5.32 Å². The van der Waals surface area contributed by atoms with Crippen LogP contribution in [0.4, 0.5) is 15.8 Å². The van der Waals surface area contributed by atoms with E-state index in [0.29, 0.717) is 11.4 Å². The lowest BCUT2D eigenvalue weighted by atomic mass is 10.1. The third-order valence-corrected chi connectivity index (χ3v) is 2.88. The summed E-state index contributed by atoms with van der Waals surface area (Å²) in [4.78, 5) is 22.1. The number of halogens is 1. The monoisotopic (exact) mass is 289 g/mol. The fraction of sp³-hybridized carbons (Fsp3) is 0.0667. The molecule has 0 aliphatic heterocycles. The van der Waals surface area contributed by atoms with Crippen LogP contribution in [0.15, 0.2) is 36.4 Å². The van der Waals surface area contributed by atoms with Crippen LogP contribution >= 0.6 is 0 Å². The summed E-state index contributed by atoms with van der Waals surface area (Å²) in [5, 5.41) is 20.8. The molecule has 21 heavy (non-hydrogen) atoms. The van der Waals surface area contributed by atoms with Crippen molar-refractivity contribution in [3.05, 3.63) is 58.9 Å². The molecule has 2 rings (SSSR count). The Hall–Kier alpha value is -2.89. The molecule has 0 atom stereocenters. The van der Waals surface area contributed by atoms with Crippen molar-refractivity contribution in [3.8, 4) is 0 Å². The number of aryl methyl sites for hydroxylation is 1. The fourth-order valence-corrected chi connectivity index (χ4v) is 1.87. The van der Waals surface area contributed by atoms with Gasteiger partial charge in [-0.25, -0.2) is 14.0 Å². The topological polar surface area (TPSA) is 86.6 Å². The van der Waals surface area contributed by atoms with Gasteiger partial charge in [0.2, 0.25) is 0 Å². The number of carbonyl (C=O) groups is 2. The van der Waals surface area contributed by atoms with Crippen LogP contribution < -0.4 is 5.32 Å². The van der Waals surface area contributed by atoms with E-state index in [1.54, 1.807) is 19.1 Å². The first kappa shape index (κ1) is 14.5. The Kier molecular flexibility index (Phi) is 3.89. The Bertz CT molecular complexity index is 728. The molecular weight excluding hydrogens is 277 g/mol. The fourth-order valence-electron chi connectivity index (χ4n) is 1.87. The van der Waals surface area contributed by atoms with Gasteiger partial charge in [0.25, 0.3) is 0 Å². The van der Waals surface area contributed by atoms with Crippen LogP contribution in [-0.2, 0) is 0 Å². The lowest BCUT2D eigenvalue weighted by Crippen LogP contribution is -2.05. The number of rotatable bonds is 4. The van der Waals surface area contributed by atoms with Gasteiger partial charge in [-0.2, -0.15) is 0 Å². The van der Waals surface area contributed by atoms with E-state index in [1.807, 2.05) is 0 Å². The molecule has 0 fully saturated rings. The highest BCUT2D eigenvalue weighted by molar-refractivity contribution is 5.96. The van der Waals surface area contributed by atoms with Crippen LogP contribution in [0.1, 0.15) is 26.3 Å². The van der Waals surface area contributed by atoms with Crippen LogP contribution in [-0.4, -0.2) is 22.2 Å². The molecule has 3 N–H and O–H groups in total. The number of anilines is 2. The van der Waals surface area contributed by atoms with Crippen molar-refractivity contribution >= 4 is 23.3 Å². The minimum absolute atomic E-state index is 0.0520. The van der Waals surface area contributed by atoms with Crippen LogP contribution in [0.3, 0.4) is 0 Å². The molecule has 2 aromatic carbocycles. The molecule has 2 aromatic rings. The average Bonchev–Trinajstić information content (AvgIpc) is 2.42. The van der Waals surface area contributed by atoms with Crippen molar-refractivity contribution in [2.45, 2.75) is 6.92 Å². The molecule has 0 heterocycles. The number of aromatic carboxylic acids is 2. The third-order valence-electron chi connectivity index (χ3n) is 2.88. The number of carboxylic acid groups (broad SMARTS) is 2. The quantitative estimate of drug-likeness (QED) is 0.804. The van der Waals surface area contributed by atoms with Gasteiger partial charge in [-0.1, -0.05) is 11.6 Å². The highest BCUT2D eigenvalue weighted by Crippen LogP contribution is 2.24. The second kappa shape index (κ2) is 5.62. The highest BCUT2D eigenvalue weighted by Gasteiger charge is 2.13. The van der Waals surface area contributed by atoms with E-state index < -0.39 is 23.3 Å². The zero-order valence-corrected chi connectivity index (χ0v) is 11.1. The van der Waals surface area contributed by atoms with E-state index >= 15 is 0 Å². The van der Waals surface area contributed by atoms with Crippen molar-refractivity contribution in [1.82, 2.24) is 0 Å². The molecule has 0 spiro atoms. The van der Waals surface area contributed by atoms with Crippen LogP contribution in [0.5, 0.6) is 0 Å². The maximum atomic E-state index is 13.3. The minimum atomic E-state index is -1.39. The van der Waals surface area contributed by atoms with Crippen molar-refractivity contribution in [2.24, 2.45) is 0 Å². The first-order valence-corrected chi connectivity index (χ1v) is 6.02. The van der Waals surface area contributed by atoms with Gasteiger partial charge in [0.1, 0.15) is 5.82 Å². The van der Waals surface area contributed by atoms with Crippen molar-refractivity contribution < 1.29 is 24.2 Å². The predicted octanol–water partition coefficient (Wildman–Crippen LogP) is 3.27. The van der Waals surface area contributed by atoms with Crippen molar-refractivity contribution in [3.63, 3.8) is 0 Å². The number of carboxylic acids is 2. The molecule has 0 aliphatic rings. The summed E-state index contributed by atoms with van der Waals surface area (Å²) >= 11 is 0. The molecular formula is C15H12FNO4. The number of hydrogen-bond acceptors (Lipinski definition) is 3. The molecule has 0 aliphatic carbocycles. The molecule has 0 bridgehead atoms. The third kappa shape index (κ3) is 3.17. The maximum absolute atomic E-state index is 13.3. The summed E-state index contributed by atoms with van der Waals surface area (Å²) in [7, 11) is 0. The van der Waals surface area contributed by atoms with E-state index in [4.69, 9.17) is 10.2 Å². The minimum Gasteiger partial charge on any atom is -0.478 e. The molecule has 5 nitrogen and oxygen atoms in total. The Labute approximate surface area is 119 Å². The largest absolute Gasteiger partial charge is 0.478 e. The molecule has 0 radical (unpaired) electrons. The highest BCUT2D eigenvalue weighted by atomic mass is 19.1. The molecule has 0 aromatic heterocycles. The van der Waals surface area contributed by atoms with Gasteiger partial charge in [-0.05, 0) is 37.3 Å². The average molecular weight is 289 g/mol. The van der Waals surface area contributed by atoms with E-state index in [2.05, 4.69) is 5.32 Å². The smallest absolute Gasteiger partial charge is 0.338 e. The molecule has 0 amide bonds. The van der Waals surface area contributed by atoms with Crippen LogP contribution in [0, 0.1) is 12.7 Å². The van der Waals surface area contributed by atoms with Crippen LogP contribution in [0.2, 0.25) is 0 Å². The van der Waals surface area contributed by atoms with Gasteiger partial charge in [0, 0.05) is 5.69 Å². The second-order valence-corrected chi connectivity index (χ2v) is 4.48. The first-order valence-electron chi connectivity index (χ1n) is 6.02. The number of nitrogens with one attached hydrogen (secondary N) is 1. The summed E-state index contributed by atoms with van der Waals surface area (Å²) in [5.41, 5.74) is 0.944. The summed E-state index contributed by atoms with van der Waals surface area (Å²) in [6, 6.07) is 8.25. The van der Waals surface area contributed by atoms with Gasteiger partial charge in [-0.15, -0.1) is 0 Å². The van der Waals surface area contributed by atoms with Gasteiger partial charge in [0.15, 0.2) is 0 Å². The van der Waals surface area contributed by atoms with Gasteiger partial charge in [-0.3, -0.25) is 0 Å². The zero-order valence-electron chi connectivity index (χ0n) is 11.1. The standard InChI is InChI=1S/C15H12FNO4/c1-8-2-5-13(11(6-8)15(20)21)17-9-3-4-12(16)10(7-9)14(18)19/h2-7,17H,1H3,(H,18,19)(H,20,21). The van der Waals surface area contributed by atoms with E-state index in [1.165, 1.54) is 12.1 Å². The Morgan fingerprint density at radius 2 is 1.67 bits per heavy atom. The summed E-state index contributed by atoms with van der Waals surface area (Å²) < 4.78 is 13.3. The summed E-state index contributed by atoms with van der Waals surface area (Å²) in [6.45, 7) is 1.76. The summed E-state index contributed by atoms with van der Waals surface area (Å²) in [5.74, 6) is -3.35. The summed E-state index contributed by atoms with van der Waals surface area (Å²) in [6.07, 6.45) is 0. The lowest BCUT2D eigenvalue weighted by Gasteiger charge is -2.11. The second-order valence-electron chi connectivity index (χ2n) is 4.48. The Morgan fingerprint density at radius 3 is 2.29 bits per heavy atom. The van der Waals surface area contributed by atoms with E-state index in [9.17, 15) is 14.0 Å². The van der Waals surface area contributed by atoms with E-state index in [0.717, 1.165) is 17.7 Å². The normalized spacial score (nSPS) is 10.2. The predicted molar refractivity (Wildman–Crippen MR) is 74.8 cm³/mol. The molecule has 108 valence electrons. The molecule has 0 unspecified atom stereocenters. The Morgan fingerprint density at radius 1 is 1.00 bits per heavy atom. The first-order chi connectivity index (χ1) is 9.88. The van der Waals surface area contributed by atoms with Crippen LogP contribution in [0.25, 0.3) is 0 Å². The van der Waals surface area contributed by atoms with Gasteiger partial charge >= 0.3 is 11.9 Å². The SMILES string of the molecule is Cc1ccc(Nc2ccc(F)c(C(=O)O)c2)c(C(=O)O)c1. The van der Waals surface area contributed by atoms with Crippen molar-refractivity contribution in [1.29, 1.82) is 0 Å².